The van der Waals surface area contributed by atoms with E-state index in [1.807, 2.05) is 0 Å². The molecule has 1 aromatic carbocycles. The molecule has 33 heavy (non-hydrogen) atoms. The summed E-state index contributed by atoms with van der Waals surface area (Å²) in [6, 6.07) is 8.41. The number of carbonyl (C=O) groups is 1. The van der Waals surface area contributed by atoms with Crippen molar-refractivity contribution in [2.45, 2.75) is 39.1 Å². The molecule has 0 heterocycles. The molecule has 0 aliphatic rings. The molecule has 0 saturated carbocycles. The largest absolute Gasteiger partial charge is 0.395 e. The summed E-state index contributed by atoms with van der Waals surface area (Å²) in [6.45, 7) is 7.58. The van der Waals surface area contributed by atoms with E-state index in [1.165, 1.54) is 26.1 Å². The first-order valence-corrected chi connectivity index (χ1v) is 11.5. The average Bonchev–Trinajstić information content (AvgIpc) is 2.73. The fourth-order valence-electron chi connectivity index (χ4n) is 2.63. The van der Waals surface area contributed by atoms with Crippen LogP contribution in [-0.4, -0.2) is 31.9 Å². The van der Waals surface area contributed by atoms with Crippen LogP contribution in [0.5, 0.6) is 0 Å². The van der Waals surface area contributed by atoms with Crippen LogP contribution in [0, 0.1) is 5.92 Å². The van der Waals surface area contributed by atoms with E-state index in [-0.39, 0.29) is 23.4 Å². The highest BCUT2D eigenvalue weighted by Gasteiger charge is 2.40. The van der Waals surface area contributed by atoms with Gasteiger partial charge in [0.05, 0.1) is 11.7 Å². The summed E-state index contributed by atoms with van der Waals surface area (Å²) < 4.78 is 64.9. The Hall–Kier alpha value is -3.21. The molecule has 0 saturated heterocycles. The zero-order chi connectivity index (χ0) is 25.1. The van der Waals surface area contributed by atoms with Gasteiger partial charge in [-0.25, -0.2) is 13.4 Å². The number of nitrogens with zero attached hydrogens (tertiary/aromatic N) is 2. The Morgan fingerprint density at radius 2 is 1.85 bits per heavy atom. The Morgan fingerprint density at radius 1 is 1.21 bits per heavy atom. The number of carbonyl (C=O) groups excluding carboxylic acids is 1. The molecule has 1 unspecified atom stereocenters. The lowest BCUT2D eigenvalue weighted by molar-refractivity contribution is -0.163. The number of rotatable bonds is 9. The Morgan fingerprint density at radius 3 is 2.39 bits per heavy atom. The van der Waals surface area contributed by atoms with Crippen LogP contribution in [0.3, 0.4) is 0 Å². The number of hydrogen-bond donors (Lipinski definition) is 2. The smallest absolute Gasteiger partial charge is 0.325 e. The van der Waals surface area contributed by atoms with Crippen LogP contribution >= 0.6 is 0 Å². The predicted octanol–water partition coefficient (Wildman–Crippen LogP) is 4.23. The standard InChI is InChI=1S/C22H27F3N4O3S/c1-5-10-19(22(23,24)25)16(3)17(4)28-20(30)14-27-29-21(26-13-6-2)33(31,32)15-18-11-8-7-9-12-18/h5-9,11-14,19H,1,10,15H2,2-4H3,(H,26,29)(H,28,30)/b13-6-,17-16+,27-14+. The van der Waals surface area contributed by atoms with E-state index in [0.29, 0.717) is 5.56 Å². The lowest BCUT2D eigenvalue weighted by Gasteiger charge is -2.21. The molecule has 1 aromatic rings. The quantitative estimate of drug-likeness (QED) is 0.237. The van der Waals surface area contributed by atoms with Crippen LogP contribution in [0.4, 0.5) is 13.2 Å². The minimum atomic E-state index is -4.49. The normalized spacial score (nSPS) is 14.8. The van der Waals surface area contributed by atoms with Gasteiger partial charge in [0.2, 0.25) is 15.0 Å². The van der Waals surface area contributed by atoms with Crippen molar-refractivity contribution < 1.29 is 26.4 Å². The maximum absolute atomic E-state index is 13.2. The van der Waals surface area contributed by atoms with E-state index in [2.05, 4.69) is 27.4 Å². The molecule has 7 nitrogen and oxygen atoms in total. The van der Waals surface area contributed by atoms with E-state index in [4.69, 9.17) is 0 Å². The number of amides is 1. The SMILES string of the molecule is C=CCC(/C(C)=C(\C)NC(=O)/C=N/NC(=N/C=C\C)S(=O)(=O)Cc1ccccc1)C(F)(F)F. The van der Waals surface area contributed by atoms with Crippen molar-refractivity contribution >= 4 is 27.1 Å². The molecule has 0 spiro atoms. The van der Waals surface area contributed by atoms with Gasteiger partial charge in [-0.15, -0.1) is 6.58 Å². The molecule has 0 bridgehead atoms. The van der Waals surface area contributed by atoms with Crippen molar-refractivity contribution in [3.63, 3.8) is 0 Å². The summed E-state index contributed by atoms with van der Waals surface area (Å²) in [7, 11) is -3.92. The van der Waals surface area contributed by atoms with Crippen LogP contribution in [0.1, 0.15) is 32.8 Å². The topological polar surface area (TPSA) is 100.0 Å². The van der Waals surface area contributed by atoms with Gasteiger partial charge >= 0.3 is 6.18 Å². The van der Waals surface area contributed by atoms with Crippen LogP contribution in [0.25, 0.3) is 0 Å². The second kappa shape index (κ2) is 12.7. The van der Waals surface area contributed by atoms with Crippen molar-refractivity contribution in [3.05, 3.63) is 72.1 Å². The summed E-state index contributed by atoms with van der Waals surface area (Å²) in [5, 5.41) is 5.40. The second-order valence-electron chi connectivity index (χ2n) is 6.95. The van der Waals surface area contributed by atoms with E-state index in [9.17, 15) is 26.4 Å². The zero-order valence-electron chi connectivity index (χ0n) is 18.6. The lowest BCUT2D eigenvalue weighted by Crippen LogP contribution is -2.31. The molecule has 0 aliphatic heterocycles. The van der Waals surface area contributed by atoms with Crippen molar-refractivity contribution in [2.75, 3.05) is 0 Å². The molecule has 2 N–H and O–H groups in total. The molecule has 0 aliphatic carbocycles. The molecule has 0 fully saturated rings. The minimum Gasteiger partial charge on any atom is -0.325 e. The first kappa shape index (κ1) is 27.8. The fourth-order valence-corrected chi connectivity index (χ4v) is 3.81. The van der Waals surface area contributed by atoms with Gasteiger partial charge in [0, 0.05) is 11.9 Å². The third-order valence-electron chi connectivity index (χ3n) is 4.40. The van der Waals surface area contributed by atoms with E-state index < -0.39 is 33.0 Å². The number of nitrogens with one attached hydrogen (secondary N) is 2. The third kappa shape index (κ3) is 9.44. The Balaban J connectivity index is 2.95. The molecule has 0 radical (unpaired) electrons. The highest BCUT2D eigenvalue weighted by atomic mass is 32.2. The van der Waals surface area contributed by atoms with E-state index in [0.717, 1.165) is 12.3 Å². The third-order valence-corrected chi connectivity index (χ3v) is 5.90. The summed E-state index contributed by atoms with van der Waals surface area (Å²) in [4.78, 5) is 15.9. The summed E-state index contributed by atoms with van der Waals surface area (Å²) >= 11 is 0. The predicted molar refractivity (Wildman–Crippen MR) is 124 cm³/mol. The maximum atomic E-state index is 13.2. The Labute approximate surface area is 191 Å². The van der Waals surface area contributed by atoms with Crippen molar-refractivity contribution in [1.82, 2.24) is 10.7 Å². The summed E-state index contributed by atoms with van der Waals surface area (Å²) in [5.74, 6) is -2.97. The molecular weight excluding hydrogens is 457 g/mol. The first-order valence-electron chi connectivity index (χ1n) is 9.83. The van der Waals surface area contributed by atoms with Gasteiger partial charge in [-0.05, 0) is 38.3 Å². The van der Waals surface area contributed by atoms with Gasteiger partial charge in [0.1, 0.15) is 6.21 Å². The number of alkyl halides is 3. The van der Waals surface area contributed by atoms with E-state index >= 15 is 0 Å². The van der Waals surface area contributed by atoms with Crippen LogP contribution in [0.15, 0.2) is 76.6 Å². The number of hydrazone groups is 1. The van der Waals surface area contributed by atoms with Crippen molar-refractivity contribution in [3.8, 4) is 0 Å². The number of amidine groups is 1. The van der Waals surface area contributed by atoms with Gasteiger partial charge in [0.25, 0.3) is 5.91 Å². The van der Waals surface area contributed by atoms with Crippen molar-refractivity contribution in [2.24, 2.45) is 16.0 Å². The maximum Gasteiger partial charge on any atom is 0.395 e. The van der Waals surface area contributed by atoms with Crippen molar-refractivity contribution in [1.29, 1.82) is 0 Å². The Bertz CT molecular complexity index is 1040. The van der Waals surface area contributed by atoms with Crippen LogP contribution in [-0.2, 0) is 20.4 Å². The van der Waals surface area contributed by atoms with Gasteiger partial charge < -0.3 is 5.32 Å². The second-order valence-corrected chi connectivity index (χ2v) is 8.85. The number of sulfone groups is 1. The Kier molecular flexibility index (Phi) is 10.7. The average molecular weight is 485 g/mol. The first-order chi connectivity index (χ1) is 15.4. The molecule has 180 valence electrons. The van der Waals surface area contributed by atoms with E-state index in [1.54, 1.807) is 37.3 Å². The molecular formula is C22H27F3N4O3S. The molecule has 11 heteroatoms. The highest BCUT2D eigenvalue weighted by molar-refractivity contribution is 8.05. The highest BCUT2D eigenvalue weighted by Crippen LogP contribution is 2.35. The number of allylic oxidation sites excluding steroid dienone is 4. The number of halogens is 3. The van der Waals surface area contributed by atoms with Crippen LogP contribution in [0.2, 0.25) is 0 Å². The number of benzene rings is 1. The molecule has 1 rings (SSSR count). The monoisotopic (exact) mass is 484 g/mol. The van der Waals surface area contributed by atoms with Gasteiger partial charge in [0.15, 0.2) is 0 Å². The number of aliphatic imine (C=N–C) groups is 1. The lowest BCUT2D eigenvalue weighted by atomic mass is 9.94. The van der Waals surface area contributed by atoms with Gasteiger partial charge in [-0.1, -0.05) is 42.5 Å². The summed E-state index contributed by atoms with van der Waals surface area (Å²) in [5.41, 5.74) is 2.70. The van der Waals surface area contributed by atoms with Gasteiger partial charge in [-0.2, -0.15) is 18.3 Å². The minimum absolute atomic E-state index is 0.00938. The molecule has 1 amide bonds. The van der Waals surface area contributed by atoms with Gasteiger partial charge in [-0.3, -0.25) is 10.2 Å². The van der Waals surface area contributed by atoms with Crippen LogP contribution < -0.4 is 10.7 Å². The number of hydrogen-bond acceptors (Lipinski definition) is 5. The zero-order valence-corrected chi connectivity index (χ0v) is 19.4. The molecule has 1 atom stereocenters. The molecule has 0 aromatic heterocycles. The fraction of sp³-hybridized carbons (Fsp3) is 0.318. The summed E-state index contributed by atoms with van der Waals surface area (Å²) in [6.07, 6.45) is -0.200.